The lowest BCUT2D eigenvalue weighted by atomic mass is 9.85. The van der Waals surface area contributed by atoms with Crippen LogP contribution < -0.4 is 0 Å². The molecule has 2 aromatic carbocycles. The number of allylic oxidation sites excluding steroid dienone is 2. The summed E-state index contributed by atoms with van der Waals surface area (Å²) in [7, 11) is 0. The van der Waals surface area contributed by atoms with Crippen LogP contribution in [0.2, 0.25) is 0 Å². The van der Waals surface area contributed by atoms with E-state index in [4.69, 9.17) is 4.74 Å². The average molecular weight is 635 g/mol. The number of alkyl halides is 3. The molecule has 2 aliphatic rings. The predicted octanol–water partition coefficient (Wildman–Crippen LogP) is 8.19. The number of halogens is 3. The molecule has 4 rings (SSSR count). The van der Waals surface area contributed by atoms with Gasteiger partial charge in [-0.2, -0.15) is 13.2 Å². The Labute approximate surface area is 256 Å². The number of fused-ring (bicyclic) bond motifs is 1. The van der Waals surface area contributed by atoms with Crippen LogP contribution in [-0.2, 0) is 15.7 Å². The number of hydrogen-bond donors (Lipinski definition) is 2. The van der Waals surface area contributed by atoms with Crippen molar-refractivity contribution in [3.8, 4) is 11.5 Å². The molecule has 3 atom stereocenters. The van der Waals surface area contributed by atoms with Gasteiger partial charge < -0.3 is 14.9 Å². The highest BCUT2D eigenvalue weighted by Gasteiger charge is 2.36. The van der Waals surface area contributed by atoms with Gasteiger partial charge in [0.1, 0.15) is 17.6 Å². The molecule has 0 spiro atoms. The number of thioether (sulfide) groups is 2. The van der Waals surface area contributed by atoms with E-state index >= 15 is 0 Å². The van der Waals surface area contributed by atoms with Crippen LogP contribution in [0.1, 0.15) is 88.8 Å². The van der Waals surface area contributed by atoms with Gasteiger partial charge in [0.15, 0.2) is 11.6 Å². The Morgan fingerprint density at radius 2 is 1.81 bits per heavy atom. The van der Waals surface area contributed by atoms with Crippen molar-refractivity contribution in [3.63, 3.8) is 0 Å². The van der Waals surface area contributed by atoms with E-state index in [1.54, 1.807) is 35.7 Å². The van der Waals surface area contributed by atoms with Crippen molar-refractivity contribution in [1.29, 1.82) is 0 Å². The van der Waals surface area contributed by atoms with Crippen molar-refractivity contribution in [2.45, 2.75) is 74.5 Å². The molecule has 0 saturated carbocycles. The molecule has 0 radical (unpaired) electrons. The fourth-order valence-corrected chi connectivity index (χ4v) is 8.41. The number of hydrogen-bond acceptors (Lipinski definition) is 8. The quantitative estimate of drug-likeness (QED) is 0.117. The van der Waals surface area contributed by atoms with E-state index in [2.05, 4.69) is 0 Å². The van der Waals surface area contributed by atoms with E-state index < -0.39 is 46.9 Å². The molecule has 1 aliphatic carbocycles. The summed E-state index contributed by atoms with van der Waals surface area (Å²) in [6, 6.07) is 7.73. The first-order chi connectivity index (χ1) is 20.3. The van der Waals surface area contributed by atoms with Gasteiger partial charge in [0, 0.05) is 23.7 Å². The van der Waals surface area contributed by atoms with Gasteiger partial charge >= 0.3 is 12.1 Å². The number of aromatic hydroxyl groups is 2. The first-order valence-electron chi connectivity index (χ1n) is 14.0. The molecule has 2 N–H and O–H groups in total. The number of carbonyl (C=O) groups is 3. The van der Waals surface area contributed by atoms with Crippen molar-refractivity contribution in [3.05, 3.63) is 82.0 Å². The Kier molecular flexibility index (Phi) is 10.7. The van der Waals surface area contributed by atoms with Gasteiger partial charge in [-0.25, -0.2) is 0 Å². The van der Waals surface area contributed by atoms with Crippen LogP contribution in [-0.4, -0.2) is 44.9 Å². The highest BCUT2D eigenvalue weighted by Crippen LogP contribution is 2.49. The number of esters is 1. The lowest BCUT2D eigenvalue weighted by Gasteiger charge is -2.29. The van der Waals surface area contributed by atoms with Crippen molar-refractivity contribution in [2.75, 3.05) is 5.75 Å². The number of phenols is 2. The summed E-state index contributed by atoms with van der Waals surface area (Å²) in [6.45, 7) is 3.69. The molecule has 0 bridgehead atoms. The molecule has 1 fully saturated rings. The summed E-state index contributed by atoms with van der Waals surface area (Å²) >= 11 is 3.29. The Bertz CT molecular complexity index is 1450. The van der Waals surface area contributed by atoms with Crippen LogP contribution >= 0.6 is 23.5 Å². The summed E-state index contributed by atoms with van der Waals surface area (Å²) in [5, 5.41) is 20.6. The maximum absolute atomic E-state index is 13.3. The van der Waals surface area contributed by atoms with E-state index in [-0.39, 0.29) is 39.4 Å². The largest absolute Gasteiger partial charge is 0.507 e. The minimum absolute atomic E-state index is 0.0685. The summed E-state index contributed by atoms with van der Waals surface area (Å²) in [5.41, 5.74) is 0.257. The lowest BCUT2D eigenvalue weighted by Crippen LogP contribution is -2.29. The third-order valence-electron chi connectivity index (χ3n) is 7.21. The second kappa shape index (κ2) is 14.1. The van der Waals surface area contributed by atoms with Gasteiger partial charge in [0.25, 0.3) is 0 Å². The van der Waals surface area contributed by atoms with Crippen LogP contribution in [0.4, 0.5) is 13.2 Å². The molecular formula is C32H33F3O6S2. The molecule has 43 heavy (non-hydrogen) atoms. The number of carbonyl (C=O) groups excluding carboxylic acids is 3. The maximum Gasteiger partial charge on any atom is 0.416 e. The molecule has 0 amide bonds. The van der Waals surface area contributed by atoms with Crippen molar-refractivity contribution < 1.29 is 42.5 Å². The third-order valence-corrected chi connectivity index (χ3v) is 10.4. The number of unbranched alkanes of at least 4 members (excludes halogenated alkanes) is 1. The minimum atomic E-state index is -4.38. The molecule has 0 aromatic heterocycles. The van der Waals surface area contributed by atoms with Gasteiger partial charge in [0.05, 0.1) is 21.3 Å². The van der Waals surface area contributed by atoms with Crippen molar-refractivity contribution in [1.82, 2.24) is 0 Å². The number of ketones is 2. The summed E-state index contributed by atoms with van der Waals surface area (Å²) in [6.07, 6.45) is 0.613. The third kappa shape index (κ3) is 8.26. The normalized spacial score (nSPS) is 19.3. The molecule has 6 nitrogen and oxygen atoms in total. The SMILES string of the molecule is CC(C)=CC[C@@H](OC(=O)CCCC[C@@H]1CCSC(c2cccc(C(F)(F)F)c2)S1)C1=CC(=O)c2c(O)ccc(O)c2C1=O. The molecule has 1 heterocycles. The zero-order valence-corrected chi connectivity index (χ0v) is 25.4. The second-order valence-electron chi connectivity index (χ2n) is 10.8. The van der Waals surface area contributed by atoms with Crippen molar-refractivity contribution in [2.24, 2.45) is 0 Å². The zero-order chi connectivity index (χ0) is 31.3. The van der Waals surface area contributed by atoms with Crippen LogP contribution in [0.3, 0.4) is 0 Å². The molecule has 230 valence electrons. The van der Waals surface area contributed by atoms with Gasteiger partial charge in [-0.1, -0.05) is 30.2 Å². The smallest absolute Gasteiger partial charge is 0.416 e. The highest BCUT2D eigenvalue weighted by molar-refractivity contribution is 8.17. The van der Waals surface area contributed by atoms with E-state index in [1.165, 1.54) is 12.1 Å². The summed E-state index contributed by atoms with van der Waals surface area (Å²) in [4.78, 5) is 38.9. The summed E-state index contributed by atoms with van der Waals surface area (Å²) < 4.78 is 45.1. The van der Waals surface area contributed by atoms with Crippen LogP contribution in [0.25, 0.3) is 0 Å². The first-order valence-corrected chi connectivity index (χ1v) is 16.0. The maximum atomic E-state index is 13.3. The van der Waals surface area contributed by atoms with Gasteiger partial charge in [-0.15, -0.1) is 23.5 Å². The molecule has 11 heteroatoms. The number of ether oxygens (including phenoxy) is 1. The second-order valence-corrected chi connectivity index (χ2v) is 13.7. The van der Waals surface area contributed by atoms with Gasteiger partial charge in [-0.05, 0) is 74.8 Å². The Morgan fingerprint density at radius 3 is 2.51 bits per heavy atom. The lowest BCUT2D eigenvalue weighted by molar-refractivity contribution is -0.147. The summed E-state index contributed by atoms with van der Waals surface area (Å²) in [5.74, 6) is -1.92. The van der Waals surface area contributed by atoms with Gasteiger partial charge in [-0.3, -0.25) is 14.4 Å². The number of phenolic OH excluding ortho intramolecular Hbond substituents is 2. The topological polar surface area (TPSA) is 101 Å². The van der Waals surface area contributed by atoms with Crippen LogP contribution in [0.5, 0.6) is 11.5 Å². The Balaban J connectivity index is 1.34. The molecule has 2 aromatic rings. The number of benzene rings is 2. The zero-order valence-electron chi connectivity index (χ0n) is 23.8. The molecular weight excluding hydrogens is 601 g/mol. The Morgan fingerprint density at radius 1 is 1.09 bits per heavy atom. The Hall–Kier alpha value is -3.18. The average Bonchev–Trinajstić information content (AvgIpc) is 2.96. The molecule has 1 saturated heterocycles. The highest BCUT2D eigenvalue weighted by atomic mass is 32.2. The van der Waals surface area contributed by atoms with E-state index in [9.17, 15) is 37.8 Å². The van der Waals surface area contributed by atoms with E-state index in [0.717, 1.165) is 48.4 Å². The van der Waals surface area contributed by atoms with E-state index in [0.29, 0.717) is 18.4 Å². The van der Waals surface area contributed by atoms with Crippen LogP contribution in [0.15, 0.2) is 59.7 Å². The van der Waals surface area contributed by atoms with Gasteiger partial charge in [0.2, 0.25) is 0 Å². The number of Topliss-reactive ketones (excluding diaryl/α,β-unsaturated/α-hetero) is 1. The molecule has 1 unspecified atom stereocenters. The standard InChI is InChI=1S/C32H33F3O6S2/c1-18(2)10-13-26(22-17-25(38)28-23(36)11-12-24(37)29(28)30(22)40)41-27(39)9-4-3-8-21-14-15-42-31(43-21)19-6-5-7-20(16-19)32(33,34)35/h5-7,10-12,16-17,21,26,31,36-37H,3-4,8-9,13-15H2,1-2H3/t21-,26-,31?/m1/s1. The van der Waals surface area contributed by atoms with E-state index in [1.807, 2.05) is 13.8 Å². The monoisotopic (exact) mass is 634 g/mol. The van der Waals surface area contributed by atoms with Crippen molar-refractivity contribution >= 4 is 41.1 Å². The minimum Gasteiger partial charge on any atom is -0.507 e. The fraction of sp³-hybridized carbons (Fsp3) is 0.406. The predicted molar refractivity (Wildman–Crippen MR) is 162 cm³/mol. The number of rotatable bonds is 10. The first kappa shape index (κ1) is 32.7. The molecule has 1 aliphatic heterocycles. The van der Waals surface area contributed by atoms with Crippen LogP contribution in [0, 0.1) is 0 Å². The fourth-order valence-electron chi connectivity index (χ4n) is 5.00.